The molecular weight excluding hydrogens is 340 g/mol. The molecule has 0 radical (unpaired) electrons. The van der Waals surface area contributed by atoms with Crippen LogP contribution in [-0.4, -0.2) is 36.9 Å². The molecule has 2 N–H and O–H groups in total. The van der Waals surface area contributed by atoms with Crippen molar-refractivity contribution in [3.8, 4) is 6.07 Å². The lowest BCUT2D eigenvalue weighted by Gasteiger charge is -2.17. The summed E-state index contributed by atoms with van der Waals surface area (Å²) in [5.74, 6) is -0.319. The van der Waals surface area contributed by atoms with Crippen LogP contribution in [0.4, 0.5) is 11.4 Å². The summed E-state index contributed by atoms with van der Waals surface area (Å²) in [6, 6.07) is 14.7. The number of rotatable bonds is 7. The Kier molecular flexibility index (Phi) is 7.09. The average Bonchev–Trinajstić information content (AvgIpc) is 2.64. The summed E-state index contributed by atoms with van der Waals surface area (Å²) >= 11 is 0. The van der Waals surface area contributed by atoms with Crippen molar-refractivity contribution in [2.45, 2.75) is 20.3 Å². The van der Waals surface area contributed by atoms with Crippen LogP contribution in [0.1, 0.15) is 23.1 Å². The van der Waals surface area contributed by atoms with Crippen molar-refractivity contribution >= 4 is 23.2 Å². The Bertz CT molecular complexity index is 871. The Morgan fingerprint density at radius 1 is 1.00 bits per heavy atom. The van der Waals surface area contributed by atoms with Crippen LogP contribution < -0.4 is 10.6 Å². The van der Waals surface area contributed by atoms with Crippen molar-refractivity contribution in [1.29, 1.82) is 5.26 Å². The number of carbonyl (C=O) groups is 2. The topological polar surface area (TPSA) is 85.2 Å². The number of hydrogen-bond donors (Lipinski definition) is 2. The predicted octanol–water partition coefficient (Wildman–Crippen LogP) is 3.07. The molecule has 0 atom stereocenters. The van der Waals surface area contributed by atoms with Gasteiger partial charge in [-0.15, -0.1) is 0 Å². The smallest absolute Gasteiger partial charge is 0.238 e. The van der Waals surface area contributed by atoms with Crippen LogP contribution in [0.2, 0.25) is 0 Å². The van der Waals surface area contributed by atoms with Gasteiger partial charge in [0, 0.05) is 18.7 Å². The fourth-order valence-electron chi connectivity index (χ4n) is 2.60. The average molecular weight is 364 g/mol. The van der Waals surface area contributed by atoms with E-state index in [1.807, 2.05) is 38.1 Å². The van der Waals surface area contributed by atoms with Crippen molar-refractivity contribution in [3.05, 3.63) is 59.2 Å². The van der Waals surface area contributed by atoms with Gasteiger partial charge in [-0.2, -0.15) is 5.26 Å². The van der Waals surface area contributed by atoms with Crippen LogP contribution in [0.3, 0.4) is 0 Å². The lowest BCUT2D eigenvalue weighted by atomic mass is 10.1. The molecule has 2 aromatic rings. The second kappa shape index (κ2) is 9.51. The maximum atomic E-state index is 12.2. The highest BCUT2D eigenvalue weighted by atomic mass is 16.2. The third-order valence-corrected chi connectivity index (χ3v) is 4.33. The quantitative estimate of drug-likeness (QED) is 0.791. The number of nitrogens with zero attached hydrogens (tertiary/aromatic N) is 2. The van der Waals surface area contributed by atoms with Gasteiger partial charge in [-0.3, -0.25) is 14.5 Å². The highest BCUT2D eigenvalue weighted by molar-refractivity contribution is 5.93. The highest BCUT2D eigenvalue weighted by Gasteiger charge is 2.11. The van der Waals surface area contributed by atoms with E-state index in [2.05, 4.69) is 10.6 Å². The van der Waals surface area contributed by atoms with Crippen molar-refractivity contribution < 1.29 is 9.59 Å². The van der Waals surface area contributed by atoms with Gasteiger partial charge >= 0.3 is 0 Å². The molecule has 0 heterocycles. The number of para-hydroxylation sites is 1. The van der Waals surface area contributed by atoms with Gasteiger partial charge in [-0.25, -0.2) is 0 Å². The summed E-state index contributed by atoms with van der Waals surface area (Å²) in [6.07, 6.45) is 0.229. The first-order valence-corrected chi connectivity index (χ1v) is 8.74. The van der Waals surface area contributed by atoms with E-state index in [-0.39, 0.29) is 24.8 Å². The summed E-state index contributed by atoms with van der Waals surface area (Å²) in [7, 11) is 1.79. The van der Waals surface area contributed by atoms with Gasteiger partial charge in [0.25, 0.3) is 0 Å². The highest BCUT2D eigenvalue weighted by Crippen LogP contribution is 2.18. The van der Waals surface area contributed by atoms with E-state index < -0.39 is 0 Å². The maximum Gasteiger partial charge on any atom is 0.238 e. The minimum Gasteiger partial charge on any atom is -0.325 e. The number of aryl methyl sites for hydroxylation is 1. The van der Waals surface area contributed by atoms with Crippen LogP contribution in [0.15, 0.2) is 42.5 Å². The summed E-state index contributed by atoms with van der Waals surface area (Å²) in [5, 5.41) is 14.7. The molecule has 2 amide bonds. The maximum absolute atomic E-state index is 12.2. The standard InChI is InChI=1S/C21H24N4O2/c1-15-7-6-10-18(16(15)2)23-21(27)14-25(3)12-11-20(26)24-19-9-5-4-8-17(19)13-22/h4-10H,11-12,14H2,1-3H3,(H,23,27)(H,24,26). The molecule has 2 rings (SSSR count). The molecule has 2 aromatic carbocycles. The molecule has 0 saturated carbocycles. The second-order valence-electron chi connectivity index (χ2n) is 6.49. The van der Waals surface area contributed by atoms with Gasteiger partial charge in [0.15, 0.2) is 0 Å². The number of anilines is 2. The van der Waals surface area contributed by atoms with Crippen molar-refractivity contribution in [3.63, 3.8) is 0 Å². The molecule has 0 saturated heterocycles. The molecule has 0 bridgehead atoms. The minimum atomic E-state index is -0.195. The fourth-order valence-corrected chi connectivity index (χ4v) is 2.60. The van der Waals surface area contributed by atoms with E-state index in [1.54, 1.807) is 36.2 Å². The zero-order valence-electron chi connectivity index (χ0n) is 15.9. The third kappa shape index (κ3) is 5.94. The summed E-state index contributed by atoms with van der Waals surface area (Å²) in [4.78, 5) is 26.1. The van der Waals surface area contributed by atoms with Gasteiger partial charge in [0.2, 0.25) is 11.8 Å². The van der Waals surface area contributed by atoms with E-state index in [0.717, 1.165) is 16.8 Å². The van der Waals surface area contributed by atoms with Crippen LogP contribution >= 0.6 is 0 Å². The first kappa shape index (κ1) is 20.1. The van der Waals surface area contributed by atoms with Gasteiger partial charge in [-0.05, 0) is 50.2 Å². The second-order valence-corrected chi connectivity index (χ2v) is 6.49. The largest absolute Gasteiger partial charge is 0.325 e. The molecule has 0 spiro atoms. The van der Waals surface area contributed by atoms with Gasteiger partial charge in [0.1, 0.15) is 6.07 Å². The van der Waals surface area contributed by atoms with Crippen molar-refractivity contribution in [2.75, 3.05) is 30.8 Å². The first-order valence-electron chi connectivity index (χ1n) is 8.74. The monoisotopic (exact) mass is 364 g/mol. The van der Waals surface area contributed by atoms with E-state index in [1.165, 1.54) is 0 Å². The molecule has 27 heavy (non-hydrogen) atoms. The molecular formula is C21H24N4O2. The van der Waals surface area contributed by atoms with Gasteiger partial charge in [-0.1, -0.05) is 24.3 Å². The normalized spacial score (nSPS) is 10.3. The summed E-state index contributed by atoms with van der Waals surface area (Å²) < 4.78 is 0. The van der Waals surface area contributed by atoms with E-state index in [0.29, 0.717) is 17.8 Å². The number of likely N-dealkylation sites (N-methyl/N-ethyl adjacent to an activating group) is 1. The Morgan fingerprint density at radius 2 is 1.67 bits per heavy atom. The van der Waals surface area contributed by atoms with Gasteiger partial charge < -0.3 is 10.6 Å². The molecule has 140 valence electrons. The Morgan fingerprint density at radius 3 is 2.41 bits per heavy atom. The molecule has 0 unspecified atom stereocenters. The lowest BCUT2D eigenvalue weighted by Crippen LogP contribution is -2.32. The third-order valence-electron chi connectivity index (χ3n) is 4.33. The van der Waals surface area contributed by atoms with Gasteiger partial charge in [0.05, 0.1) is 17.8 Å². The summed E-state index contributed by atoms with van der Waals surface area (Å²) in [6.45, 7) is 4.59. The molecule has 0 aliphatic heterocycles. The number of carbonyl (C=O) groups excluding carboxylic acids is 2. The minimum absolute atomic E-state index is 0.124. The number of amides is 2. The predicted molar refractivity (Wildman–Crippen MR) is 106 cm³/mol. The molecule has 0 fully saturated rings. The van der Waals surface area contributed by atoms with Crippen molar-refractivity contribution in [2.24, 2.45) is 0 Å². The number of nitriles is 1. The zero-order valence-corrected chi connectivity index (χ0v) is 15.9. The van der Waals surface area contributed by atoms with E-state index in [4.69, 9.17) is 5.26 Å². The van der Waals surface area contributed by atoms with Crippen LogP contribution in [0, 0.1) is 25.2 Å². The Labute approximate surface area is 159 Å². The molecule has 6 nitrogen and oxygen atoms in total. The SMILES string of the molecule is Cc1cccc(NC(=O)CN(C)CCC(=O)Nc2ccccc2C#N)c1C. The van der Waals surface area contributed by atoms with Crippen LogP contribution in [0.5, 0.6) is 0 Å². The molecule has 0 aliphatic rings. The number of benzene rings is 2. The van der Waals surface area contributed by atoms with E-state index in [9.17, 15) is 9.59 Å². The Balaban J connectivity index is 1.80. The molecule has 0 aliphatic carbocycles. The summed E-state index contributed by atoms with van der Waals surface area (Å²) in [5.41, 5.74) is 3.89. The van der Waals surface area contributed by atoms with E-state index >= 15 is 0 Å². The molecule has 6 heteroatoms. The zero-order chi connectivity index (χ0) is 19.8. The van der Waals surface area contributed by atoms with Crippen LogP contribution in [-0.2, 0) is 9.59 Å². The van der Waals surface area contributed by atoms with Crippen molar-refractivity contribution in [1.82, 2.24) is 4.90 Å². The first-order chi connectivity index (χ1) is 12.9. The lowest BCUT2D eigenvalue weighted by molar-refractivity contribution is -0.119. The number of nitrogens with one attached hydrogen (secondary N) is 2. The molecule has 0 aromatic heterocycles. The Hall–Kier alpha value is -3.17. The number of hydrogen-bond acceptors (Lipinski definition) is 4. The fraction of sp³-hybridized carbons (Fsp3) is 0.286. The van der Waals surface area contributed by atoms with Crippen LogP contribution in [0.25, 0.3) is 0 Å².